The lowest BCUT2D eigenvalue weighted by molar-refractivity contribution is -0.0177. The molecule has 0 saturated heterocycles. The molecule has 1 aromatic carbocycles. The van der Waals surface area contributed by atoms with Gasteiger partial charge in [0.25, 0.3) is 5.91 Å². The molecule has 10 heteroatoms. The van der Waals surface area contributed by atoms with Crippen molar-refractivity contribution < 1.29 is 24.2 Å². The molecule has 0 bridgehead atoms. The Balaban J connectivity index is 1.90. The number of nitrogens with zero attached hydrogens (tertiary/aromatic N) is 3. The Morgan fingerprint density at radius 3 is 2.60 bits per heavy atom. The Hall–Kier alpha value is -3.21. The Morgan fingerprint density at radius 2 is 1.90 bits per heavy atom. The van der Waals surface area contributed by atoms with Crippen LogP contribution < -0.4 is 15.4 Å². The smallest absolute Gasteiger partial charge is 0.319 e. The molecule has 10 nitrogen and oxygen atoms in total. The molecule has 3 N–H and O–H groups in total. The Morgan fingerprint density at radius 1 is 1.17 bits per heavy atom. The van der Waals surface area contributed by atoms with E-state index in [0.717, 1.165) is 25.8 Å². The number of aliphatic hydroxyl groups is 1. The maximum absolute atomic E-state index is 14.2. The van der Waals surface area contributed by atoms with Crippen LogP contribution in [0.4, 0.5) is 10.5 Å². The molecule has 42 heavy (non-hydrogen) atoms. The van der Waals surface area contributed by atoms with Gasteiger partial charge in [-0.15, -0.1) is 0 Å². The highest BCUT2D eigenvalue weighted by molar-refractivity contribution is 5.99. The molecule has 3 rings (SSSR count). The number of amides is 3. The van der Waals surface area contributed by atoms with Gasteiger partial charge < -0.3 is 30.1 Å². The lowest BCUT2D eigenvalue weighted by atomic mass is 10.0. The van der Waals surface area contributed by atoms with Crippen LogP contribution in [0.5, 0.6) is 5.75 Å². The van der Waals surface area contributed by atoms with Gasteiger partial charge in [-0.1, -0.05) is 6.92 Å². The van der Waals surface area contributed by atoms with Crippen LogP contribution in [-0.2, 0) is 11.3 Å². The number of benzene rings is 1. The van der Waals surface area contributed by atoms with E-state index >= 15 is 0 Å². The molecular weight excluding hydrogens is 534 g/mol. The lowest BCUT2D eigenvalue weighted by Gasteiger charge is -2.36. The van der Waals surface area contributed by atoms with Gasteiger partial charge in [0.05, 0.1) is 30.4 Å². The van der Waals surface area contributed by atoms with Crippen LogP contribution >= 0.6 is 0 Å². The van der Waals surface area contributed by atoms with Crippen LogP contribution in [0.1, 0.15) is 69.8 Å². The molecule has 0 aliphatic carbocycles. The van der Waals surface area contributed by atoms with E-state index in [2.05, 4.69) is 34.5 Å². The summed E-state index contributed by atoms with van der Waals surface area (Å²) in [4.78, 5) is 34.6. The third-order valence-electron chi connectivity index (χ3n) is 7.42. The predicted molar refractivity (Wildman–Crippen MR) is 165 cm³/mol. The minimum absolute atomic E-state index is 0.0211. The largest absolute Gasteiger partial charge is 0.490 e. The number of nitrogens with one attached hydrogen (secondary N) is 2. The molecule has 2 heterocycles. The molecule has 2 aromatic rings. The number of pyridine rings is 1. The predicted octanol–water partition coefficient (Wildman–Crippen LogP) is 4.54. The van der Waals surface area contributed by atoms with Crippen molar-refractivity contribution in [2.24, 2.45) is 5.92 Å². The number of ether oxygens (including phenoxy) is 2. The van der Waals surface area contributed by atoms with Crippen molar-refractivity contribution in [3.8, 4) is 5.75 Å². The summed E-state index contributed by atoms with van der Waals surface area (Å²) in [6.07, 6.45) is 6.00. The molecule has 1 aliphatic heterocycles. The first-order valence-corrected chi connectivity index (χ1v) is 15.1. The summed E-state index contributed by atoms with van der Waals surface area (Å²) >= 11 is 0. The lowest BCUT2D eigenvalue weighted by Crippen LogP contribution is -2.47. The molecule has 4 atom stereocenters. The second-order valence-electron chi connectivity index (χ2n) is 11.8. The number of carbonyl (C=O) groups excluding carboxylic acids is 2. The number of anilines is 1. The number of fused-ring (bicyclic) bond motifs is 1. The van der Waals surface area contributed by atoms with Crippen molar-refractivity contribution in [1.82, 2.24) is 20.1 Å². The first kappa shape index (κ1) is 33.3. The number of urea groups is 1. The molecule has 3 amide bonds. The fraction of sp³-hybridized carbons (Fsp3) is 0.594. The summed E-state index contributed by atoms with van der Waals surface area (Å²) in [6, 6.07) is 8.34. The van der Waals surface area contributed by atoms with Gasteiger partial charge in [-0.2, -0.15) is 0 Å². The molecule has 1 aromatic heterocycles. The van der Waals surface area contributed by atoms with Gasteiger partial charge >= 0.3 is 6.03 Å². The summed E-state index contributed by atoms with van der Waals surface area (Å²) < 4.78 is 12.7. The topological polar surface area (TPSA) is 116 Å². The third kappa shape index (κ3) is 10.3. The standard InChI is InChI=1S/C32H49N5O5/c1-22(2)34-32(40)35-27-10-11-29-28(17-27)31(39)37(24(4)21-38)18-23(3)30(41-16-8-7-9-25(5)42-29)20-36(6)19-26-12-14-33-15-13-26/h10-15,17,22-25,30,38H,7-9,16,18-21H2,1-6H3,(H2,34,35,40)/t23-,24+,25-,30-/m1/s1. The van der Waals surface area contributed by atoms with E-state index in [4.69, 9.17) is 9.47 Å². The van der Waals surface area contributed by atoms with Crippen molar-refractivity contribution >= 4 is 17.6 Å². The molecular formula is C32H49N5O5. The van der Waals surface area contributed by atoms with Crippen molar-refractivity contribution in [3.63, 3.8) is 0 Å². The summed E-state index contributed by atoms with van der Waals surface area (Å²) in [7, 11) is 2.07. The van der Waals surface area contributed by atoms with E-state index < -0.39 is 6.04 Å². The van der Waals surface area contributed by atoms with Gasteiger partial charge in [-0.05, 0) is 89.9 Å². The fourth-order valence-corrected chi connectivity index (χ4v) is 5.06. The van der Waals surface area contributed by atoms with Crippen molar-refractivity contribution in [1.29, 1.82) is 0 Å². The van der Waals surface area contributed by atoms with Crippen LogP contribution in [0, 0.1) is 5.92 Å². The second-order valence-corrected chi connectivity index (χ2v) is 11.8. The molecule has 0 fully saturated rings. The second kappa shape index (κ2) is 16.4. The molecule has 0 unspecified atom stereocenters. The van der Waals surface area contributed by atoms with Gasteiger partial charge in [0, 0.05) is 56.3 Å². The zero-order valence-corrected chi connectivity index (χ0v) is 26.0. The van der Waals surface area contributed by atoms with Gasteiger partial charge in [0.1, 0.15) is 5.75 Å². The van der Waals surface area contributed by atoms with Gasteiger partial charge in [0.15, 0.2) is 0 Å². The molecule has 232 valence electrons. The summed E-state index contributed by atoms with van der Waals surface area (Å²) in [5.41, 5.74) is 2.01. The van der Waals surface area contributed by atoms with Crippen LogP contribution in [0.25, 0.3) is 0 Å². The maximum Gasteiger partial charge on any atom is 0.319 e. The van der Waals surface area contributed by atoms with Crippen LogP contribution in [-0.4, -0.2) is 89.5 Å². The number of aromatic nitrogens is 1. The van der Waals surface area contributed by atoms with E-state index in [0.29, 0.717) is 36.7 Å². The van der Waals surface area contributed by atoms with Crippen molar-refractivity contribution in [2.75, 3.05) is 38.7 Å². The highest BCUT2D eigenvalue weighted by Crippen LogP contribution is 2.28. The third-order valence-corrected chi connectivity index (χ3v) is 7.42. The zero-order valence-electron chi connectivity index (χ0n) is 26.0. The van der Waals surface area contributed by atoms with Gasteiger partial charge in [-0.3, -0.25) is 14.7 Å². The van der Waals surface area contributed by atoms with Crippen molar-refractivity contribution in [2.45, 2.75) is 84.7 Å². The highest BCUT2D eigenvalue weighted by atomic mass is 16.5. The van der Waals surface area contributed by atoms with E-state index in [9.17, 15) is 14.7 Å². The van der Waals surface area contributed by atoms with E-state index in [-0.39, 0.29) is 42.7 Å². The normalized spacial score (nSPS) is 21.3. The SMILES string of the molecule is CC(C)NC(=O)Nc1ccc2c(c1)C(=O)N([C@@H](C)CO)C[C@@H](C)[C@@H](CN(C)Cc1ccncc1)OCCCC[C@@H](C)O2. The average molecular weight is 584 g/mol. The number of likely N-dealkylation sites (N-methyl/N-ethyl adjacent to an activating group) is 1. The Bertz CT molecular complexity index is 1130. The minimum Gasteiger partial charge on any atom is -0.490 e. The average Bonchev–Trinajstić information content (AvgIpc) is 2.94. The summed E-state index contributed by atoms with van der Waals surface area (Å²) in [5, 5.41) is 15.8. The molecule has 1 aliphatic rings. The van der Waals surface area contributed by atoms with E-state index in [1.807, 2.05) is 39.8 Å². The molecule has 0 saturated carbocycles. The summed E-state index contributed by atoms with van der Waals surface area (Å²) in [5.74, 6) is 0.179. The first-order valence-electron chi connectivity index (χ1n) is 15.1. The van der Waals surface area contributed by atoms with Crippen LogP contribution in [0.15, 0.2) is 42.7 Å². The fourth-order valence-electron chi connectivity index (χ4n) is 5.06. The van der Waals surface area contributed by atoms with Crippen LogP contribution in [0.2, 0.25) is 0 Å². The van der Waals surface area contributed by atoms with Crippen molar-refractivity contribution in [3.05, 3.63) is 53.9 Å². The number of aliphatic hydroxyl groups excluding tert-OH is 1. The molecule has 0 spiro atoms. The summed E-state index contributed by atoms with van der Waals surface area (Å²) in [6.45, 7) is 11.9. The van der Waals surface area contributed by atoms with Gasteiger partial charge in [0.2, 0.25) is 0 Å². The Kier molecular flexibility index (Phi) is 13.0. The number of hydrogen-bond donors (Lipinski definition) is 3. The zero-order chi connectivity index (χ0) is 30.6. The quantitative estimate of drug-likeness (QED) is 0.418. The van der Waals surface area contributed by atoms with Crippen LogP contribution in [0.3, 0.4) is 0 Å². The number of hydrogen-bond acceptors (Lipinski definition) is 7. The number of rotatable bonds is 8. The number of carbonyl (C=O) groups is 2. The maximum atomic E-state index is 14.2. The minimum atomic E-state index is -0.436. The highest BCUT2D eigenvalue weighted by Gasteiger charge is 2.30. The monoisotopic (exact) mass is 583 g/mol. The van der Waals surface area contributed by atoms with Gasteiger partial charge in [-0.25, -0.2) is 4.79 Å². The molecule has 0 radical (unpaired) electrons. The first-order chi connectivity index (χ1) is 20.1. The van der Waals surface area contributed by atoms with E-state index in [1.54, 1.807) is 35.5 Å². The Labute approximate surface area is 250 Å². The van der Waals surface area contributed by atoms with E-state index in [1.165, 1.54) is 5.56 Å².